The molecule has 2 saturated heterocycles. The second-order valence-electron chi connectivity index (χ2n) is 7.13. The van der Waals surface area contributed by atoms with Crippen molar-refractivity contribution in [2.45, 2.75) is 25.9 Å². The number of amides is 2. The smallest absolute Gasteiger partial charge is 0.417 e. The first-order valence-corrected chi connectivity index (χ1v) is 9.39. The molecule has 2 fully saturated rings. The minimum Gasteiger partial charge on any atom is -0.447 e. The summed E-state index contributed by atoms with van der Waals surface area (Å²) in [7, 11) is 0. The Kier molecular flexibility index (Phi) is 6.60. The van der Waals surface area contributed by atoms with Crippen molar-refractivity contribution < 1.29 is 14.3 Å². The zero-order chi connectivity index (χ0) is 19.1. The average Bonchev–Trinajstić information content (AvgIpc) is 3.28. The van der Waals surface area contributed by atoms with Crippen molar-refractivity contribution in [3.8, 4) is 0 Å². The molecule has 2 heterocycles. The number of carbonyl (C=O) groups is 2. The van der Waals surface area contributed by atoms with Gasteiger partial charge in [0.15, 0.2) is 0 Å². The minimum absolute atomic E-state index is 0.238. The summed E-state index contributed by atoms with van der Waals surface area (Å²) in [6, 6.07) is 19.8. The van der Waals surface area contributed by atoms with Crippen LogP contribution in [0, 0.1) is 5.92 Å². The highest BCUT2D eigenvalue weighted by Crippen LogP contribution is 2.25. The molecule has 0 aliphatic carbocycles. The zero-order valence-corrected chi connectivity index (χ0v) is 15.7. The second kappa shape index (κ2) is 9.33. The van der Waals surface area contributed by atoms with Crippen LogP contribution >= 0.6 is 0 Å². The van der Waals surface area contributed by atoms with Gasteiger partial charge in [-0.05, 0) is 30.0 Å². The number of carbonyl (C=O) groups excluding carboxylic acids is 2. The summed E-state index contributed by atoms with van der Waals surface area (Å²) in [5.74, 6) is 0.892. The third-order valence-electron chi connectivity index (χ3n) is 4.97. The van der Waals surface area contributed by atoms with Gasteiger partial charge < -0.3 is 4.74 Å². The van der Waals surface area contributed by atoms with Crippen LogP contribution < -0.4 is 0 Å². The molecule has 2 unspecified atom stereocenters. The van der Waals surface area contributed by atoms with Crippen molar-refractivity contribution in [3.63, 3.8) is 0 Å². The van der Waals surface area contributed by atoms with Gasteiger partial charge in [0.1, 0.15) is 12.6 Å². The lowest BCUT2D eigenvalue weighted by Gasteiger charge is -2.14. The van der Waals surface area contributed by atoms with Crippen LogP contribution in [0.2, 0.25) is 0 Å². The van der Waals surface area contributed by atoms with Crippen molar-refractivity contribution in [3.05, 3.63) is 71.8 Å². The van der Waals surface area contributed by atoms with Crippen LogP contribution in [0.5, 0.6) is 0 Å². The van der Waals surface area contributed by atoms with Crippen molar-refractivity contribution in [2.75, 3.05) is 19.7 Å². The Bertz CT molecular complexity index is 736. The summed E-state index contributed by atoms with van der Waals surface area (Å²) in [4.78, 5) is 25.3. The molecular formula is C22H26N2O3. The number of nitrogens with zero attached hydrogens (tertiary/aromatic N) is 2. The molecule has 0 saturated carbocycles. The van der Waals surface area contributed by atoms with Crippen molar-refractivity contribution >= 4 is 12.5 Å². The Labute approximate surface area is 160 Å². The van der Waals surface area contributed by atoms with E-state index in [1.54, 1.807) is 0 Å². The van der Waals surface area contributed by atoms with Gasteiger partial charge in [-0.15, -0.1) is 0 Å². The number of rotatable bonds is 4. The first-order valence-electron chi connectivity index (χ1n) is 9.39. The summed E-state index contributed by atoms with van der Waals surface area (Å²) in [5.41, 5.74) is 2.35. The number of cyclic esters (lactones) is 1. The molecule has 2 aromatic carbocycles. The summed E-state index contributed by atoms with van der Waals surface area (Å²) < 4.78 is 4.78. The maximum Gasteiger partial charge on any atom is 0.417 e. The van der Waals surface area contributed by atoms with Crippen molar-refractivity contribution in [1.29, 1.82) is 0 Å². The highest BCUT2D eigenvalue weighted by atomic mass is 16.6. The van der Waals surface area contributed by atoms with Crippen LogP contribution in [0.15, 0.2) is 60.7 Å². The van der Waals surface area contributed by atoms with Crippen molar-refractivity contribution in [1.82, 2.24) is 9.80 Å². The number of hydrogen-bond donors (Lipinski definition) is 0. The van der Waals surface area contributed by atoms with Crippen LogP contribution in [-0.2, 0) is 16.1 Å². The van der Waals surface area contributed by atoms with Crippen LogP contribution in [0.3, 0.4) is 0 Å². The lowest BCUT2D eigenvalue weighted by molar-refractivity contribution is -0.116. The molecule has 0 spiro atoms. The fourth-order valence-electron chi connectivity index (χ4n) is 3.49. The van der Waals surface area contributed by atoms with Gasteiger partial charge in [-0.25, -0.2) is 9.69 Å². The average molecular weight is 366 g/mol. The lowest BCUT2D eigenvalue weighted by Crippen LogP contribution is -2.25. The van der Waals surface area contributed by atoms with Crippen LogP contribution in [0.25, 0.3) is 0 Å². The van der Waals surface area contributed by atoms with E-state index in [0.29, 0.717) is 6.41 Å². The van der Waals surface area contributed by atoms with E-state index >= 15 is 0 Å². The molecule has 5 heteroatoms. The van der Waals surface area contributed by atoms with Gasteiger partial charge in [0, 0.05) is 13.1 Å². The Hall–Kier alpha value is -2.66. The van der Waals surface area contributed by atoms with Gasteiger partial charge >= 0.3 is 6.09 Å². The molecule has 27 heavy (non-hydrogen) atoms. The summed E-state index contributed by atoms with van der Waals surface area (Å²) >= 11 is 0. The molecule has 2 aromatic rings. The SMILES string of the molecule is CC1CCN(Cc2ccccc2)C1.O=CN1C(=O)OCC1c1ccccc1. The van der Waals surface area contributed by atoms with E-state index in [1.807, 2.05) is 30.3 Å². The van der Waals surface area contributed by atoms with E-state index in [1.165, 1.54) is 25.1 Å². The molecule has 2 atom stereocenters. The van der Waals surface area contributed by atoms with Gasteiger partial charge in [0.05, 0.1) is 0 Å². The van der Waals surface area contributed by atoms with Crippen LogP contribution in [0.1, 0.15) is 30.5 Å². The van der Waals surface area contributed by atoms with E-state index in [0.717, 1.165) is 22.9 Å². The topological polar surface area (TPSA) is 49.9 Å². The standard InChI is InChI=1S/C12H17N.C10H9NO3/c1-11-7-8-13(9-11)10-12-5-3-2-4-6-12;12-7-11-9(6-14-10(11)13)8-4-2-1-3-5-8/h2-6,11H,7-10H2,1H3;1-5,7,9H,6H2. The highest BCUT2D eigenvalue weighted by molar-refractivity contribution is 5.82. The van der Waals surface area contributed by atoms with E-state index < -0.39 is 6.09 Å². The zero-order valence-electron chi connectivity index (χ0n) is 15.7. The van der Waals surface area contributed by atoms with Gasteiger partial charge in [0.2, 0.25) is 6.41 Å². The normalized spacial score (nSPS) is 22.1. The third kappa shape index (κ3) is 5.17. The molecule has 4 rings (SSSR count). The van der Waals surface area contributed by atoms with Gasteiger partial charge in [0.25, 0.3) is 0 Å². The predicted molar refractivity (Wildman–Crippen MR) is 104 cm³/mol. The summed E-state index contributed by atoms with van der Waals surface area (Å²) in [5, 5.41) is 0. The molecule has 2 aliphatic heterocycles. The molecule has 142 valence electrons. The Balaban J connectivity index is 0.000000156. The fraction of sp³-hybridized carbons (Fsp3) is 0.364. The number of imide groups is 1. The minimum atomic E-state index is -0.575. The van der Waals surface area contributed by atoms with E-state index in [9.17, 15) is 9.59 Å². The monoisotopic (exact) mass is 366 g/mol. The molecular weight excluding hydrogens is 340 g/mol. The molecule has 0 radical (unpaired) electrons. The second-order valence-corrected chi connectivity index (χ2v) is 7.13. The molecule has 2 amide bonds. The molecule has 0 N–H and O–H groups in total. The van der Waals surface area contributed by atoms with Crippen LogP contribution in [-0.4, -0.2) is 42.0 Å². The molecule has 5 nitrogen and oxygen atoms in total. The first kappa shape index (κ1) is 19.1. The summed E-state index contributed by atoms with van der Waals surface area (Å²) in [6.45, 7) is 6.25. The van der Waals surface area contributed by atoms with Gasteiger partial charge in [-0.1, -0.05) is 67.6 Å². The maximum atomic E-state index is 11.1. The number of hydrogen-bond acceptors (Lipinski definition) is 4. The van der Waals surface area contributed by atoms with Gasteiger partial charge in [-0.3, -0.25) is 9.69 Å². The van der Waals surface area contributed by atoms with E-state index in [2.05, 4.69) is 42.2 Å². The number of likely N-dealkylation sites (tertiary alicyclic amines) is 1. The third-order valence-corrected chi connectivity index (χ3v) is 4.97. The first-order chi connectivity index (χ1) is 13.2. The summed E-state index contributed by atoms with van der Waals surface area (Å²) in [6.07, 6.45) is 1.30. The number of benzene rings is 2. The predicted octanol–water partition coefficient (Wildman–Crippen LogP) is 3.86. The van der Waals surface area contributed by atoms with E-state index in [-0.39, 0.29) is 12.6 Å². The van der Waals surface area contributed by atoms with Crippen LogP contribution in [0.4, 0.5) is 4.79 Å². The Morgan fingerprint density at radius 2 is 1.74 bits per heavy atom. The number of ether oxygens (including phenoxy) is 1. The fourth-order valence-corrected chi connectivity index (χ4v) is 3.49. The lowest BCUT2D eigenvalue weighted by atomic mass is 10.1. The molecule has 2 aliphatic rings. The van der Waals surface area contributed by atoms with E-state index in [4.69, 9.17) is 4.74 Å². The Morgan fingerprint density at radius 3 is 2.33 bits per heavy atom. The quantitative estimate of drug-likeness (QED) is 0.771. The molecule has 0 bridgehead atoms. The molecule has 0 aromatic heterocycles. The Morgan fingerprint density at radius 1 is 1.07 bits per heavy atom. The largest absolute Gasteiger partial charge is 0.447 e. The maximum absolute atomic E-state index is 11.1. The van der Waals surface area contributed by atoms with Gasteiger partial charge in [-0.2, -0.15) is 0 Å². The van der Waals surface area contributed by atoms with Crippen molar-refractivity contribution in [2.24, 2.45) is 5.92 Å². The highest BCUT2D eigenvalue weighted by Gasteiger charge is 2.33.